The summed E-state index contributed by atoms with van der Waals surface area (Å²) in [6, 6.07) is 15.6. The van der Waals surface area contributed by atoms with Gasteiger partial charge in [0.15, 0.2) is 0 Å². The van der Waals surface area contributed by atoms with Crippen LogP contribution < -0.4 is 5.56 Å². The summed E-state index contributed by atoms with van der Waals surface area (Å²) in [5, 5.41) is 3.10. The molecule has 0 saturated heterocycles. The number of imidazole rings is 1. The van der Waals surface area contributed by atoms with Crippen molar-refractivity contribution >= 4 is 22.4 Å². The zero-order valence-corrected chi connectivity index (χ0v) is 14.9. The first-order valence-corrected chi connectivity index (χ1v) is 8.42. The Bertz CT molecular complexity index is 1140. The second-order valence-electron chi connectivity index (χ2n) is 6.36. The molecule has 4 rings (SSSR count). The van der Waals surface area contributed by atoms with Crippen LogP contribution in [0.3, 0.4) is 0 Å². The fourth-order valence-electron chi connectivity index (χ4n) is 3.04. The molecular formula is C20H19N5O. The summed E-state index contributed by atoms with van der Waals surface area (Å²) in [6.45, 7) is 5.74. The molecule has 0 aliphatic heterocycles. The first-order valence-electron chi connectivity index (χ1n) is 8.42. The van der Waals surface area contributed by atoms with Crippen LogP contribution in [0.2, 0.25) is 0 Å². The molecule has 4 aromatic rings. The van der Waals surface area contributed by atoms with Gasteiger partial charge in [0.2, 0.25) is 5.95 Å². The predicted octanol–water partition coefficient (Wildman–Crippen LogP) is 3.80. The number of aromatic nitrogens is 4. The summed E-state index contributed by atoms with van der Waals surface area (Å²) >= 11 is 0. The minimum atomic E-state index is -0.171. The van der Waals surface area contributed by atoms with Crippen molar-refractivity contribution < 1.29 is 0 Å². The zero-order chi connectivity index (χ0) is 18.3. The van der Waals surface area contributed by atoms with Crippen LogP contribution in [0.4, 0.5) is 5.69 Å². The van der Waals surface area contributed by atoms with Gasteiger partial charge in [-0.3, -0.25) is 14.9 Å². The van der Waals surface area contributed by atoms with E-state index in [4.69, 9.17) is 0 Å². The number of fused-ring (bicyclic) bond motifs is 1. The topological polar surface area (TPSA) is 78.8 Å². The van der Waals surface area contributed by atoms with E-state index in [1.165, 1.54) is 10.2 Å². The van der Waals surface area contributed by atoms with Crippen molar-refractivity contribution in [2.45, 2.75) is 20.8 Å². The number of H-pyrrole nitrogens is 2. The number of rotatable bonds is 3. The molecule has 0 aliphatic carbocycles. The van der Waals surface area contributed by atoms with Crippen molar-refractivity contribution in [1.29, 1.82) is 0 Å². The molecule has 2 heterocycles. The highest BCUT2D eigenvalue weighted by Gasteiger charge is 2.17. The van der Waals surface area contributed by atoms with Crippen molar-refractivity contribution in [3.63, 3.8) is 0 Å². The maximum atomic E-state index is 12.9. The molecule has 0 spiro atoms. The second kappa shape index (κ2) is 6.15. The van der Waals surface area contributed by atoms with Crippen LogP contribution in [-0.2, 0) is 0 Å². The Hall–Kier alpha value is -3.41. The lowest BCUT2D eigenvalue weighted by molar-refractivity contribution is 0.791. The number of aryl methyl sites for hydroxylation is 2. The number of hydrogen-bond donors (Lipinski definition) is 2. The van der Waals surface area contributed by atoms with Gasteiger partial charge in [0, 0.05) is 5.69 Å². The average Bonchev–Trinajstić information content (AvgIpc) is 3.17. The molecule has 0 unspecified atom stereocenters. The van der Waals surface area contributed by atoms with Crippen LogP contribution in [0.15, 0.2) is 58.3 Å². The molecule has 0 atom stereocenters. The lowest BCUT2D eigenvalue weighted by atomic mass is 10.1. The molecule has 0 radical (unpaired) electrons. The van der Waals surface area contributed by atoms with Gasteiger partial charge in [-0.15, -0.1) is 0 Å². The number of benzene rings is 2. The maximum Gasteiger partial charge on any atom is 0.283 e. The van der Waals surface area contributed by atoms with Gasteiger partial charge in [0.1, 0.15) is 0 Å². The molecule has 130 valence electrons. The molecule has 26 heavy (non-hydrogen) atoms. The highest BCUT2D eigenvalue weighted by Crippen LogP contribution is 2.16. The summed E-state index contributed by atoms with van der Waals surface area (Å²) < 4.78 is 1.43. The third-order valence-corrected chi connectivity index (χ3v) is 4.35. The van der Waals surface area contributed by atoms with Crippen LogP contribution in [0.1, 0.15) is 23.7 Å². The van der Waals surface area contributed by atoms with E-state index in [-0.39, 0.29) is 5.56 Å². The molecule has 6 heteroatoms. The Balaban J connectivity index is 1.79. The number of para-hydroxylation sites is 2. The molecule has 0 amide bonds. The summed E-state index contributed by atoms with van der Waals surface area (Å²) in [5.74, 6) is 0.466. The second-order valence-corrected chi connectivity index (χ2v) is 6.36. The Morgan fingerprint density at radius 3 is 2.54 bits per heavy atom. The van der Waals surface area contributed by atoms with Crippen molar-refractivity contribution in [1.82, 2.24) is 19.7 Å². The van der Waals surface area contributed by atoms with Gasteiger partial charge < -0.3 is 4.98 Å². The monoisotopic (exact) mass is 345 g/mol. The first-order chi connectivity index (χ1) is 12.5. The number of nitrogens with zero attached hydrogens (tertiary/aromatic N) is 3. The smallest absolute Gasteiger partial charge is 0.283 e. The van der Waals surface area contributed by atoms with Gasteiger partial charge in [-0.05, 0) is 45.0 Å². The number of aliphatic imine (C=N–C) groups is 1. The van der Waals surface area contributed by atoms with Gasteiger partial charge in [0.05, 0.1) is 28.0 Å². The normalized spacial score (nSPS) is 12.0. The minimum absolute atomic E-state index is 0.171. The van der Waals surface area contributed by atoms with Crippen LogP contribution in [0.25, 0.3) is 17.0 Å². The average molecular weight is 345 g/mol. The van der Waals surface area contributed by atoms with Gasteiger partial charge in [-0.1, -0.05) is 29.8 Å². The van der Waals surface area contributed by atoms with E-state index in [0.29, 0.717) is 17.2 Å². The summed E-state index contributed by atoms with van der Waals surface area (Å²) in [5.41, 5.74) is 5.50. The lowest BCUT2D eigenvalue weighted by Gasteiger charge is -1.99. The lowest BCUT2D eigenvalue weighted by Crippen LogP contribution is -2.20. The third-order valence-electron chi connectivity index (χ3n) is 4.35. The highest BCUT2D eigenvalue weighted by atomic mass is 16.1. The van der Waals surface area contributed by atoms with Gasteiger partial charge >= 0.3 is 0 Å². The zero-order valence-electron chi connectivity index (χ0n) is 14.9. The molecular weight excluding hydrogens is 326 g/mol. The van der Waals surface area contributed by atoms with Crippen molar-refractivity contribution in [2.24, 2.45) is 4.99 Å². The van der Waals surface area contributed by atoms with Crippen molar-refractivity contribution in [2.75, 3.05) is 0 Å². The molecule has 0 saturated carbocycles. The number of nitrogens with one attached hydrogen (secondary N) is 2. The van der Waals surface area contributed by atoms with E-state index < -0.39 is 0 Å². The van der Waals surface area contributed by atoms with Crippen molar-refractivity contribution in [3.05, 3.63) is 75.7 Å². The molecule has 0 fully saturated rings. The van der Waals surface area contributed by atoms with E-state index in [0.717, 1.165) is 22.4 Å². The standard InChI is InChI=1S/C20H19N5O/c1-12-8-10-15(11-9-12)21-13(2)18-14(3)24-25(19(18)26)20-22-16-6-4-5-7-17(16)23-20/h4-11,24H,1-3H3,(H,22,23). The van der Waals surface area contributed by atoms with Crippen molar-refractivity contribution in [3.8, 4) is 5.95 Å². The first kappa shape index (κ1) is 16.1. The Morgan fingerprint density at radius 1 is 1.08 bits per heavy atom. The minimum Gasteiger partial charge on any atom is -0.322 e. The molecule has 2 aromatic carbocycles. The molecule has 2 aromatic heterocycles. The quantitative estimate of drug-likeness (QED) is 0.554. The van der Waals surface area contributed by atoms with Crippen LogP contribution in [-0.4, -0.2) is 25.5 Å². The molecule has 6 nitrogen and oxygen atoms in total. The van der Waals surface area contributed by atoms with Crippen LogP contribution >= 0.6 is 0 Å². The maximum absolute atomic E-state index is 12.9. The van der Waals surface area contributed by atoms with E-state index in [1.54, 1.807) is 0 Å². The van der Waals surface area contributed by atoms with Gasteiger partial charge in [-0.25, -0.2) is 4.98 Å². The highest BCUT2D eigenvalue weighted by molar-refractivity contribution is 6.01. The van der Waals surface area contributed by atoms with E-state index in [1.807, 2.05) is 69.3 Å². The predicted molar refractivity (Wildman–Crippen MR) is 104 cm³/mol. The van der Waals surface area contributed by atoms with E-state index in [9.17, 15) is 4.79 Å². The van der Waals surface area contributed by atoms with Crippen LogP contribution in [0.5, 0.6) is 0 Å². The SMILES string of the molecule is CC(=Nc1ccc(C)cc1)c1c(C)[nH]n(-c2nc3ccccc3[nH]2)c1=O. The number of aromatic amines is 2. The fourth-order valence-corrected chi connectivity index (χ4v) is 3.04. The number of hydrogen-bond acceptors (Lipinski definition) is 3. The largest absolute Gasteiger partial charge is 0.322 e. The summed E-state index contributed by atoms with van der Waals surface area (Å²) in [4.78, 5) is 25.2. The molecule has 0 bridgehead atoms. The Labute approximate surface area is 150 Å². The van der Waals surface area contributed by atoms with E-state index >= 15 is 0 Å². The molecule has 0 aliphatic rings. The Morgan fingerprint density at radius 2 is 1.81 bits per heavy atom. The third kappa shape index (κ3) is 2.75. The van der Waals surface area contributed by atoms with E-state index in [2.05, 4.69) is 20.1 Å². The molecule has 2 N–H and O–H groups in total. The van der Waals surface area contributed by atoms with Gasteiger partial charge in [0.25, 0.3) is 5.56 Å². The fraction of sp³-hybridized carbons (Fsp3) is 0.150. The summed E-state index contributed by atoms with van der Waals surface area (Å²) in [7, 11) is 0. The summed E-state index contributed by atoms with van der Waals surface area (Å²) in [6.07, 6.45) is 0. The van der Waals surface area contributed by atoms with Gasteiger partial charge in [-0.2, -0.15) is 4.68 Å². The Kier molecular flexibility index (Phi) is 3.80. The van der Waals surface area contributed by atoms with Crippen LogP contribution in [0, 0.1) is 13.8 Å².